The smallest absolute Gasteiger partial charge is 0.130 e. The fourth-order valence-electron chi connectivity index (χ4n) is 1.75. The molecule has 0 fully saturated rings. The molecule has 0 aliphatic rings. The molecular formula is C17H28O. The second kappa shape index (κ2) is 11.0. The van der Waals surface area contributed by atoms with Gasteiger partial charge >= 0.3 is 0 Å². The number of allylic oxidation sites excluding steroid dienone is 6. The second-order valence-electron chi connectivity index (χ2n) is 4.99. The number of ketones is 1. The van der Waals surface area contributed by atoms with Crippen molar-refractivity contribution >= 4 is 5.78 Å². The van der Waals surface area contributed by atoms with Gasteiger partial charge in [-0.1, -0.05) is 35.5 Å². The van der Waals surface area contributed by atoms with E-state index in [0.717, 1.165) is 32.1 Å². The Morgan fingerprint density at radius 3 is 1.83 bits per heavy atom. The zero-order chi connectivity index (χ0) is 13.8. The molecule has 0 aromatic heterocycles. The first kappa shape index (κ1) is 16.9. The van der Waals surface area contributed by atoms with Crippen LogP contribution in [0.4, 0.5) is 0 Å². The van der Waals surface area contributed by atoms with Crippen molar-refractivity contribution < 1.29 is 4.79 Å². The first-order valence-corrected chi connectivity index (χ1v) is 6.98. The Morgan fingerprint density at radius 1 is 0.833 bits per heavy atom. The molecule has 0 aliphatic heterocycles. The molecule has 1 heteroatoms. The Hall–Kier alpha value is -1.11. The van der Waals surface area contributed by atoms with Crippen molar-refractivity contribution in [2.45, 2.75) is 66.2 Å². The van der Waals surface area contributed by atoms with E-state index in [1.165, 1.54) is 11.1 Å². The van der Waals surface area contributed by atoms with Crippen molar-refractivity contribution in [2.75, 3.05) is 0 Å². The van der Waals surface area contributed by atoms with Gasteiger partial charge < -0.3 is 4.79 Å². The third kappa shape index (κ3) is 11.4. The number of hydrogen-bond acceptors (Lipinski definition) is 1. The maximum absolute atomic E-state index is 10.8. The number of hydrogen-bond donors (Lipinski definition) is 0. The van der Waals surface area contributed by atoms with Gasteiger partial charge in [0.15, 0.2) is 0 Å². The average molecular weight is 248 g/mol. The van der Waals surface area contributed by atoms with Crippen molar-refractivity contribution in [3.8, 4) is 0 Å². The lowest BCUT2D eigenvalue weighted by molar-refractivity contribution is -0.116. The van der Waals surface area contributed by atoms with Gasteiger partial charge in [-0.2, -0.15) is 0 Å². The van der Waals surface area contributed by atoms with Crippen molar-refractivity contribution in [1.82, 2.24) is 0 Å². The van der Waals surface area contributed by atoms with Crippen LogP contribution in [0, 0.1) is 0 Å². The molecule has 18 heavy (non-hydrogen) atoms. The summed E-state index contributed by atoms with van der Waals surface area (Å²) in [5.74, 6) is 0.277. The summed E-state index contributed by atoms with van der Waals surface area (Å²) in [5, 5.41) is 0. The van der Waals surface area contributed by atoms with Gasteiger partial charge in [-0.25, -0.2) is 0 Å². The molecule has 0 saturated heterocycles. The molecule has 0 rings (SSSR count). The van der Waals surface area contributed by atoms with E-state index in [4.69, 9.17) is 0 Å². The van der Waals surface area contributed by atoms with Crippen molar-refractivity contribution in [2.24, 2.45) is 0 Å². The summed E-state index contributed by atoms with van der Waals surface area (Å²) in [6.07, 6.45) is 15.0. The highest BCUT2D eigenvalue weighted by molar-refractivity contribution is 5.75. The lowest BCUT2D eigenvalue weighted by Gasteiger charge is -2.01. The van der Waals surface area contributed by atoms with E-state index in [2.05, 4.69) is 45.1 Å². The number of rotatable bonds is 9. The number of carbonyl (C=O) groups excluding carboxylic acids is 1. The van der Waals surface area contributed by atoms with Crippen LogP contribution in [0.5, 0.6) is 0 Å². The SMILES string of the molecule is C/C=C/CC/C(C)=C/CC/C(C)=C/CCC(C)=O. The predicted octanol–water partition coefficient (Wildman–Crippen LogP) is 5.38. The monoisotopic (exact) mass is 248 g/mol. The van der Waals surface area contributed by atoms with Crippen LogP contribution < -0.4 is 0 Å². The first-order valence-electron chi connectivity index (χ1n) is 6.98. The molecule has 0 unspecified atom stereocenters. The highest BCUT2D eigenvalue weighted by Crippen LogP contribution is 2.11. The van der Waals surface area contributed by atoms with Gasteiger partial charge in [0.25, 0.3) is 0 Å². The fourth-order valence-corrected chi connectivity index (χ4v) is 1.75. The average Bonchev–Trinajstić information content (AvgIpc) is 2.29. The Labute approximate surface area is 113 Å². The van der Waals surface area contributed by atoms with Crippen LogP contribution in [0.2, 0.25) is 0 Å². The molecule has 102 valence electrons. The lowest BCUT2D eigenvalue weighted by atomic mass is 10.1. The van der Waals surface area contributed by atoms with Gasteiger partial charge in [0.05, 0.1) is 0 Å². The Morgan fingerprint density at radius 2 is 1.33 bits per heavy atom. The highest BCUT2D eigenvalue weighted by atomic mass is 16.1. The van der Waals surface area contributed by atoms with E-state index in [9.17, 15) is 4.79 Å². The third-order valence-corrected chi connectivity index (χ3v) is 2.96. The minimum Gasteiger partial charge on any atom is -0.300 e. The van der Waals surface area contributed by atoms with Gasteiger partial charge in [-0.05, 0) is 59.8 Å². The summed E-state index contributed by atoms with van der Waals surface area (Å²) in [6.45, 7) is 8.08. The molecule has 0 saturated carbocycles. The Kier molecular flexibility index (Phi) is 10.3. The molecule has 0 bridgehead atoms. The van der Waals surface area contributed by atoms with E-state index in [-0.39, 0.29) is 5.78 Å². The largest absolute Gasteiger partial charge is 0.300 e. The van der Waals surface area contributed by atoms with Crippen molar-refractivity contribution in [1.29, 1.82) is 0 Å². The van der Waals surface area contributed by atoms with Crippen molar-refractivity contribution in [3.05, 3.63) is 35.5 Å². The molecule has 0 heterocycles. The Bertz CT molecular complexity index is 319. The standard InChI is InChI=1S/C17H28O/c1-5-6-7-10-15(2)11-8-12-16(3)13-9-14-17(4)18/h5-6,11,13H,7-10,12,14H2,1-4H3/b6-5+,15-11+,16-13+. The summed E-state index contributed by atoms with van der Waals surface area (Å²) in [5.41, 5.74) is 2.87. The third-order valence-electron chi connectivity index (χ3n) is 2.96. The van der Waals surface area contributed by atoms with Gasteiger partial charge in [-0.15, -0.1) is 0 Å². The molecule has 0 aromatic rings. The van der Waals surface area contributed by atoms with E-state index in [1.54, 1.807) is 6.92 Å². The molecular weight excluding hydrogens is 220 g/mol. The maximum Gasteiger partial charge on any atom is 0.130 e. The fraction of sp³-hybridized carbons (Fsp3) is 0.588. The zero-order valence-electron chi connectivity index (χ0n) is 12.5. The number of Topliss-reactive ketones (excluding diaryl/α,β-unsaturated/α-hetero) is 1. The summed E-state index contributed by atoms with van der Waals surface area (Å²) < 4.78 is 0. The number of carbonyl (C=O) groups is 1. The van der Waals surface area contributed by atoms with Crippen LogP contribution in [0.25, 0.3) is 0 Å². The summed E-state index contributed by atoms with van der Waals surface area (Å²) in [4.78, 5) is 10.8. The van der Waals surface area contributed by atoms with Crippen LogP contribution in [-0.2, 0) is 4.79 Å². The molecule has 0 atom stereocenters. The van der Waals surface area contributed by atoms with Gasteiger partial charge in [0, 0.05) is 6.42 Å². The maximum atomic E-state index is 10.8. The van der Waals surface area contributed by atoms with E-state index in [0.29, 0.717) is 6.42 Å². The van der Waals surface area contributed by atoms with E-state index in [1.807, 2.05) is 0 Å². The van der Waals surface area contributed by atoms with Crippen LogP contribution in [0.15, 0.2) is 35.5 Å². The van der Waals surface area contributed by atoms with Gasteiger partial charge in [-0.3, -0.25) is 0 Å². The summed E-state index contributed by atoms with van der Waals surface area (Å²) >= 11 is 0. The van der Waals surface area contributed by atoms with E-state index >= 15 is 0 Å². The summed E-state index contributed by atoms with van der Waals surface area (Å²) in [7, 11) is 0. The molecule has 0 amide bonds. The Balaban J connectivity index is 3.80. The zero-order valence-corrected chi connectivity index (χ0v) is 12.5. The molecule has 0 radical (unpaired) electrons. The first-order chi connectivity index (χ1) is 8.56. The topological polar surface area (TPSA) is 17.1 Å². The lowest BCUT2D eigenvalue weighted by Crippen LogP contribution is -1.87. The molecule has 0 aromatic carbocycles. The minimum absolute atomic E-state index is 0.277. The van der Waals surface area contributed by atoms with E-state index < -0.39 is 0 Å². The molecule has 0 aliphatic carbocycles. The molecule has 0 N–H and O–H groups in total. The van der Waals surface area contributed by atoms with Crippen LogP contribution in [-0.4, -0.2) is 5.78 Å². The second-order valence-corrected chi connectivity index (χ2v) is 4.99. The van der Waals surface area contributed by atoms with Crippen LogP contribution in [0.3, 0.4) is 0 Å². The van der Waals surface area contributed by atoms with Crippen LogP contribution in [0.1, 0.15) is 66.2 Å². The van der Waals surface area contributed by atoms with Gasteiger partial charge in [0.1, 0.15) is 5.78 Å². The van der Waals surface area contributed by atoms with Crippen LogP contribution >= 0.6 is 0 Å². The predicted molar refractivity (Wildman–Crippen MR) is 80.7 cm³/mol. The molecule has 0 spiro atoms. The highest BCUT2D eigenvalue weighted by Gasteiger charge is 1.93. The quantitative estimate of drug-likeness (QED) is 0.500. The van der Waals surface area contributed by atoms with Gasteiger partial charge in [0.2, 0.25) is 0 Å². The minimum atomic E-state index is 0.277. The summed E-state index contributed by atoms with van der Waals surface area (Å²) in [6, 6.07) is 0. The van der Waals surface area contributed by atoms with Crippen molar-refractivity contribution in [3.63, 3.8) is 0 Å². The normalized spacial score (nSPS) is 13.3. The molecule has 1 nitrogen and oxygen atoms in total.